The van der Waals surface area contributed by atoms with Gasteiger partial charge in [-0.2, -0.15) is 5.26 Å². The molecule has 0 unspecified atom stereocenters. The molecule has 0 saturated heterocycles. The number of nitrogens with zero attached hydrogens (tertiary/aromatic N) is 2. The molecular weight excluding hydrogens is 102 g/mol. The van der Waals surface area contributed by atoms with Crippen LogP contribution in [0.3, 0.4) is 0 Å². The topological polar surface area (TPSA) is 50.9 Å². The molecule has 0 fully saturated rings. The van der Waals surface area contributed by atoms with Crippen molar-refractivity contribution in [2.75, 3.05) is 14.1 Å². The Kier molecular flexibility index (Phi) is 2.63. The maximum absolute atomic E-state index is 8.07. The Bertz CT molecular complexity index is 120. The van der Waals surface area contributed by atoms with Crippen LogP contribution >= 0.6 is 0 Å². The van der Waals surface area contributed by atoms with Crippen molar-refractivity contribution in [1.82, 2.24) is 4.90 Å². The van der Waals surface area contributed by atoms with Gasteiger partial charge in [-0.3, -0.25) is 5.41 Å². The molecular formula is C5H9N3. The van der Waals surface area contributed by atoms with E-state index in [0.717, 1.165) is 0 Å². The first-order valence-corrected chi connectivity index (χ1v) is 2.30. The molecule has 0 bridgehead atoms. The minimum atomic E-state index is 0.201. The highest BCUT2D eigenvalue weighted by atomic mass is 15.1. The summed E-state index contributed by atoms with van der Waals surface area (Å²) < 4.78 is 0. The summed E-state index contributed by atoms with van der Waals surface area (Å²) in [6.45, 7) is 0. The lowest BCUT2D eigenvalue weighted by Crippen LogP contribution is -2.19. The minimum Gasteiger partial charge on any atom is -0.366 e. The molecule has 44 valence electrons. The third-order valence-electron chi connectivity index (χ3n) is 0.786. The largest absolute Gasteiger partial charge is 0.366 e. The standard InChI is InChI=1S/C5H9N3/c1-8(2)5(7)3-4-6/h7H,3H2,1-2H3. The van der Waals surface area contributed by atoms with Crippen molar-refractivity contribution in [2.24, 2.45) is 0 Å². The average molecular weight is 111 g/mol. The van der Waals surface area contributed by atoms with Crippen LogP contribution in [0.15, 0.2) is 0 Å². The Balaban J connectivity index is 3.53. The van der Waals surface area contributed by atoms with Crippen molar-refractivity contribution in [2.45, 2.75) is 6.42 Å². The molecule has 0 aromatic rings. The fraction of sp³-hybridized carbons (Fsp3) is 0.600. The van der Waals surface area contributed by atoms with Crippen LogP contribution in [0.4, 0.5) is 0 Å². The van der Waals surface area contributed by atoms with Gasteiger partial charge < -0.3 is 4.90 Å². The summed E-state index contributed by atoms with van der Waals surface area (Å²) in [5, 5.41) is 15.1. The van der Waals surface area contributed by atoms with Crippen LogP contribution in [-0.4, -0.2) is 24.8 Å². The Morgan fingerprint density at radius 2 is 2.25 bits per heavy atom. The second-order valence-electron chi connectivity index (χ2n) is 1.68. The lowest BCUT2D eigenvalue weighted by molar-refractivity contribution is 0.607. The van der Waals surface area contributed by atoms with Gasteiger partial charge in [-0.25, -0.2) is 0 Å². The summed E-state index contributed by atoms with van der Waals surface area (Å²) in [5.41, 5.74) is 0. The van der Waals surface area contributed by atoms with Gasteiger partial charge >= 0.3 is 0 Å². The van der Waals surface area contributed by atoms with Gasteiger partial charge in [0.2, 0.25) is 0 Å². The van der Waals surface area contributed by atoms with E-state index in [0.29, 0.717) is 5.84 Å². The van der Waals surface area contributed by atoms with E-state index in [1.165, 1.54) is 0 Å². The van der Waals surface area contributed by atoms with Crippen molar-refractivity contribution < 1.29 is 0 Å². The second-order valence-corrected chi connectivity index (χ2v) is 1.68. The van der Waals surface area contributed by atoms with Crippen molar-refractivity contribution in [3.8, 4) is 6.07 Å². The number of hydrogen-bond acceptors (Lipinski definition) is 2. The maximum atomic E-state index is 8.07. The van der Waals surface area contributed by atoms with Gasteiger partial charge in [-0.15, -0.1) is 0 Å². The highest BCUT2D eigenvalue weighted by Gasteiger charge is 1.93. The number of amidine groups is 1. The van der Waals surface area contributed by atoms with Gasteiger partial charge in [-0.1, -0.05) is 0 Å². The fourth-order valence-electron chi connectivity index (χ4n) is 0.233. The van der Waals surface area contributed by atoms with E-state index in [9.17, 15) is 0 Å². The molecule has 0 heterocycles. The molecule has 0 aromatic carbocycles. The smallest absolute Gasteiger partial charge is 0.110 e. The van der Waals surface area contributed by atoms with Crippen LogP contribution in [0.5, 0.6) is 0 Å². The summed E-state index contributed by atoms with van der Waals surface area (Å²) in [6.07, 6.45) is 0.201. The zero-order valence-corrected chi connectivity index (χ0v) is 5.10. The molecule has 0 aromatic heterocycles. The molecule has 0 rings (SSSR count). The monoisotopic (exact) mass is 111 g/mol. The number of nitriles is 1. The van der Waals surface area contributed by atoms with Gasteiger partial charge in [0.25, 0.3) is 0 Å². The van der Waals surface area contributed by atoms with Gasteiger partial charge in [0, 0.05) is 14.1 Å². The molecule has 3 nitrogen and oxygen atoms in total. The molecule has 0 atom stereocenters. The Labute approximate surface area is 49.0 Å². The average Bonchev–Trinajstić information content (AvgIpc) is 1.67. The molecule has 0 amide bonds. The third kappa shape index (κ3) is 2.19. The van der Waals surface area contributed by atoms with Crippen LogP contribution in [0, 0.1) is 16.7 Å². The molecule has 0 radical (unpaired) electrons. The first-order chi connectivity index (χ1) is 3.68. The van der Waals surface area contributed by atoms with Crippen molar-refractivity contribution >= 4 is 5.84 Å². The second kappa shape index (κ2) is 3.03. The van der Waals surface area contributed by atoms with E-state index in [1.54, 1.807) is 19.0 Å². The molecule has 0 saturated carbocycles. The lowest BCUT2D eigenvalue weighted by atomic mass is 10.4. The fourth-order valence-corrected chi connectivity index (χ4v) is 0.233. The SMILES string of the molecule is CN(C)C(=N)CC#N. The lowest BCUT2D eigenvalue weighted by Gasteiger charge is -2.08. The van der Waals surface area contributed by atoms with E-state index in [2.05, 4.69) is 0 Å². The van der Waals surface area contributed by atoms with Crippen molar-refractivity contribution in [1.29, 1.82) is 10.7 Å². The van der Waals surface area contributed by atoms with Gasteiger partial charge in [0.05, 0.1) is 12.5 Å². The van der Waals surface area contributed by atoms with Crippen molar-refractivity contribution in [3.63, 3.8) is 0 Å². The zero-order valence-electron chi connectivity index (χ0n) is 5.10. The quantitative estimate of drug-likeness (QED) is 0.394. The summed E-state index contributed by atoms with van der Waals surface area (Å²) in [4.78, 5) is 1.61. The van der Waals surface area contributed by atoms with Gasteiger partial charge in [0.1, 0.15) is 5.84 Å². The molecule has 0 aliphatic heterocycles. The summed E-state index contributed by atoms with van der Waals surface area (Å²) in [6, 6.07) is 1.88. The van der Waals surface area contributed by atoms with Gasteiger partial charge in [-0.05, 0) is 0 Å². The highest BCUT2D eigenvalue weighted by Crippen LogP contribution is 1.82. The zero-order chi connectivity index (χ0) is 6.57. The number of nitrogens with one attached hydrogen (secondary N) is 1. The summed E-state index contributed by atoms with van der Waals surface area (Å²) >= 11 is 0. The van der Waals surface area contributed by atoms with E-state index in [4.69, 9.17) is 10.7 Å². The Morgan fingerprint density at radius 1 is 1.75 bits per heavy atom. The third-order valence-corrected chi connectivity index (χ3v) is 0.786. The van der Waals surface area contributed by atoms with E-state index in [-0.39, 0.29) is 6.42 Å². The van der Waals surface area contributed by atoms with E-state index >= 15 is 0 Å². The maximum Gasteiger partial charge on any atom is 0.110 e. The Hall–Kier alpha value is -1.04. The first-order valence-electron chi connectivity index (χ1n) is 2.30. The predicted molar refractivity (Wildman–Crippen MR) is 31.6 cm³/mol. The van der Waals surface area contributed by atoms with Crippen molar-refractivity contribution in [3.05, 3.63) is 0 Å². The highest BCUT2D eigenvalue weighted by molar-refractivity contribution is 5.80. The molecule has 0 spiro atoms. The van der Waals surface area contributed by atoms with E-state index in [1.807, 2.05) is 6.07 Å². The molecule has 3 heteroatoms. The predicted octanol–water partition coefficient (Wildman–Crippen LogP) is 0.439. The minimum absolute atomic E-state index is 0.201. The van der Waals surface area contributed by atoms with Crippen LogP contribution in [-0.2, 0) is 0 Å². The molecule has 0 aliphatic carbocycles. The number of rotatable bonds is 1. The summed E-state index contributed by atoms with van der Waals surface area (Å²) in [5.74, 6) is 0.354. The molecule has 0 aliphatic rings. The Morgan fingerprint density at radius 3 is 2.38 bits per heavy atom. The van der Waals surface area contributed by atoms with E-state index < -0.39 is 0 Å². The molecule has 8 heavy (non-hydrogen) atoms. The summed E-state index contributed by atoms with van der Waals surface area (Å²) in [7, 11) is 3.50. The van der Waals surface area contributed by atoms with Crippen LogP contribution in [0.2, 0.25) is 0 Å². The van der Waals surface area contributed by atoms with Gasteiger partial charge in [0.15, 0.2) is 0 Å². The molecule has 1 N–H and O–H groups in total. The van der Waals surface area contributed by atoms with Crippen LogP contribution < -0.4 is 0 Å². The van der Waals surface area contributed by atoms with Crippen LogP contribution in [0.25, 0.3) is 0 Å². The number of hydrogen-bond donors (Lipinski definition) is 1. The van der Waals surface area contributed by atoms with Crippen LogP contribution in [0.1, 0.15) is 6.42 Å². The normalized spacial score (nSPS) is 7.62. The first kappa shape index (κ1) is 6.96.